The molecule has 7 nitrogen and oxygen atoms in total. The maximum absolute atomic E-state index is 13.5. The fraction of sp³-hybridized carbons (Fsp3) is 0.192. The summed E-state index contributed by atoms with van der Waals surface area (Å²) in [5.41, 5.74) is 1.91. The van der Waals surface area contributed by atoms with Crippen LogP contribution >= 0.6 is 11.8 Å². The van der Waals surface area contributed by atoms with Gasteiger partial charge in [0.05, 0.1) is 23.4 Å². The van der Waals surface area contributed by atoms with Gasteiger partial charge in [0.1, 0.15) is 13.2 Å². The van der Waals surface area contributed by atoms with Crippen molar-refractivity contribution in [2.24, 2.45) is 0 Å². The number of rotatable bonds is 8. The second kappa shape index (κ2) is 11.0. The average Bonchev–Trinajstić information content (AvgIpc) is 2.96. The molecule has 2 amide bonds. The first-order chi connectivity index (χ1) is 16.6. The highest BCUT2D eigenvalue weighted by atomic mass is 32.2. The zero-order valence-corrected chi connectivity index (χ0v) is 19.5. The van der Waals surface area contributed by atoms with Crippen molar-refractivity contribution in [1.29, 1.82) is 0 Å². The van der Waals surface area contributed by atoms with Crippen molar-refractivity contribution in [2.75, 3.05) is 36.6 Å². The molecule has 174 valence electrons. The first-order valence-corrected chi connectivity index (χ1v) is 11.7. The molecule has 3 aromatic rings. The van der Waals surface area contributed by atoms with Gasteiger partial charge in [-0.25, -0.2) is 4.79 Å². The van der Waals surface area contributed by atoms with Gasteiger partial charge in [-0.2, -0.15) is 0 Å². The van der Waals surface area contributed by atoms with E-state index in [-0.39, 0.29) is 25.0 Å². The first-order valence-electron chi connectivity index (χ1n) is 10.9. The molecule has 4 rings (SSSR count). The van der Waals surface area contributed by atoms with Crippen molar-refractivity contribution >= 4 is 40.9 Å². The molecule has 1 N–H and O–H groups in total. The highest BCUT2D eigenvalue weighted by Gasteiger charge is 2.29. The van der Waals surface area contributed by atoms with Crippen molar-refractivity contribution < 1.29 is 23.9 Å². The van der Waals surface area contributed by atoms with E-state index < -0.39 is 5.97 Å². The van der Waals surface area contributed by atoms with Gasteiger partial charge in [-0.3, -0.25) is 14.5 Å². The maximum atomic E-state index is 13.5. The Kier molecular flexibility index (Phi) is 7.61. The number of nitrogens with zero attached hydrogens (tertiary/aromatic N) is 1. The molecule has 34 heavy (non-hydrogen) atoms. The lowest BCUT2D eigenvalue weighted by atomic mass is 10.1. The van der Waals surface area contributed by atoms with Crippen LogP contribution in [0.4, 0.5) is 11.4 Å². The van der Waals surface area contributed by atoms with Crippen LogP contribution in [0.2, 0.25) is 0 Å². The summed E-state index contributed by atoms with van der Waals surface area (Å²) in [7, 11) is 0. The van der Waals surface area contributed by atoms with Crippen LogP contribution in [0.15, 0.2) is 82.6 Å². The fourth-order valence-electron chi connectivity index (χ4n) is 3.49. The zero-order valence-electron chi connectivity index (χ0n) is 18.7. The Morgan fingerprint density at radius 1 is 0.941 bits per heavy atom. The molecule has 0 saturated heterocycles. The van der Waals surface area contributed by atoms with E-state index in [1.54, 1.807) is 42.5 Å². The van der Waals surface area contributed by atoms with Gasteiger partial charge < -0.3 is 14.8 Å². The van der Waals surface area contributed by atoms with E-state index in [1.807, 2.05) is 37.3 Å². The topological polar surface area (TPSA) is 84.9 Å². The van der Waals surface area contributed by atoms with E-state index in [0.29, 0.717) is 35.7 Å². The summed E-state index contributed by atoms with van der Waals surface area (Å²) in [6.45, 7) is 2.63. The van der Waals surface area contributed by atoms with Gasteiger partial charge in [-0.1, -0.05) is 42.1 Å². The maximum Gasteiger partial charge on any atom is 0.338 e. The molecular formula is C26H24N2O5S. The predicted octanol–water partition coefficient (Wildman–Crippen LogP) is 4.63. The minimum Gasteiger partial charge on any atom is -0.460 e. The van der Waals surface area contributed by atoms with Crippen LogP contribution in [0.25, 0.3) is 0 Å². The fourth-order valence-corrected chi connectivity index (χ4v) is 4.55. The molecule has 0 bridgehead atoms. The van der Waals surface area contributed by atoms with Gasteiger partial charge in [-0.05, 0) is 49.4 Å². The number of nitrogens with one attached hydrogen (secondary N) is 1. The summed E-state index contributed by atoms with van der Waals surface area (Å²) in [6, 6.07) is 21.3. The van der Waals surface area contributed by atoms with Gasteiger partial charge in [-0.15, -0.1) is 0 Å². The standard InChI is InChI=1S/C26H24N2O5S/c1-2-32-14-15-33-26(31)18-12-13-23-21(16-18)28(17-24(29)27-19-8-4-3-5-9-19)25(30)20-10-6-7-11-22(20)34-23/h3-13,16H,2,14-15,17H2,1H3,(H,27,29). The summed E-state index contributed by atoms with van der Waals surface area (Å²) >= 11 is 1.42. The van der Waals surface area contributed by atoms with Crippen LogP contribution in [0.3, 0.4) is 0 Å². The van der Waals surface area contributed by atoms with Crippen LogP contribution in [-0.4, -0.2) is 44.1 Å². The number of fused-ring (bicyclic) bond motifs is 2. The van der Waals surface area contributed by atoms with Crippen molar-refractivity contribution in [1.82, 2.24) is 0 Å². The van der Waals surface area contributed by atoms with Gasteiger partial charge >= 0.3 is 5.97 Å². The molecule has 0 spiro atoms. The van der Waals surface area contributed by atoms with Crippen LogP contribution in [0, 0.1) is 0 Å². The zero-order chi connectivity index (χ0) is 23.9. The van der Waals surface area contributed by atoms with E-state index in [1.165, 1.54) is 16.7 Å². The second-order valence-electron chi connectivity index (χ2n) is 7.42. The number of benzene rings is 3. The van der Waals surface area contributed by atoms with E-state index >= 15 is 0 Å². The lowest BCUT2D eigenvalue weighted by Gasteiger charge is -2.23. The van der Waals surface area contributed by atoms with E-state index in [9.17, 15) is 14.4 Å². The van der Waals surface area contributed by atoms with Crippen molar-refractivity contribution in [3.63, 3.8) is 0 Å². The van der Waals surface area contributed by atoms with Crippen LogP contribution < -0.4 is 10.2 Å². The Hall–Kier alpha value is -3.62. The number of ether oxygens (including phenoxy) is 2. The molecule has 3 aromatic carbocycles. The summed E-state index contributed by atoms with van der Waals surface area (Å²) in [6.07, 6.45) is 0. The van der Waals surface area contributed by atoms with E-state index in [2.05, 4.69) is 5.32 Å². The quantitative estimate of drug-likeness (QED) is 0.377. The van der Waals surface area contributed by atoms with Gasteiger partial charge in [0.2, 0.25) is 5.91 Å². The van der Waals surface area contributed by atoms with Gasteiger partial charge in [0.25, 0.3) is 5.91 Å². The molecule has 1 heterocycles. The Labute approximate surface area is 202 Å². The molecular weight excluding hydrogens is 452 g/mol. The summed E-state index contributed by atoms with van der Waals surface area (Å²) in [5.74, 6) is -1.18. The number of para-hydroxylation sites is 1. The number of carbonyl (C=O) groups is 3. The SMILES string of the molecule is CCOCCOC(=O)c1ccc2c(c1)N(CC(=O)Nc1ccccc1)C(=O)c1ccccc1S2. The molecule has 0 aliphatic carbocycles. The Morgan fingerprint density at radius 2 is 1.71 bits per heavy atom. The van der Waals surface area contributed by atoms with Crippen molar-refractivity contribution in [3.8, 4) is 0 Å². The number of amides is 2. The van der Waals surface area contributed by atoms with Crippen molar-refractivity contribution in [3.05, 3.63) is 83.9 Å². The molecule has 0 atom stereocenters. The molecule has 8 heteroatoms. The monoisotopic (exact) mass is 476 g/mol. The number of esters is 1. The second-order valence-corrected chi connectivity index (χ2v) is 8.50. The molecule has 0 radical (unpaired) electrons. The normalized spacial score (nSPS) is 12.4. The molecule has 0 aromatic heterocycles. The van der Waals surface area contributed by atoms with Crippen LogP contribution in [0.1, 0.15) is 27.6 Å². The first kappa shape index (κ1) is 23.5. The van der Waals surface area contributed by atoms with Gasteiger partial charge in [0, 0.05) is 22.1 Å². The number of anilines is 2. The third-order valence-corrected chi connectivity index (χ3v) is 6.23. The van der Waals surface area contributed by atoms with Gasteiger partial charge in [0.15, 0.2) is 0 Å². The minimum absolute atomic E-state index is 0.131. The smallest absolute Gasteiger partial charge is 0.338 e. The number of hydrogen-bond acceptors (Lipinski definition) is 6. The Morgan fingerprint density at radius 3 is 2.50 bits per heavy atom. The Balaban J connectivity index is 1.64. The molecule has 0 unspecified atom stereocenters. The van der Waals surface area contributed by atoms with E-state index in [0.717, 1.165) is 9.79 Å². The molecule has 1 aliphatic rings. The number of carbonyl (C=O) groups excluding carboxylic acids is 3. The molecule has 0 saturated carbocycles. The molecule has 0 fully saturated rings. The third kappa shape index (κ3) is 5.47. The highest BCUT2D eigenvalue weighted by Crippen LogP contribution is 2.41. The lowest BCUT2D eigenvalue weighted by molar-refractivity contribution is -0.114. The third-order valence-electron chi connectivity index (χ3n) is 5.09. The summed E-state index contributed by atoms with van der Waals surface area (Å²) < 4.78 is 10.5. The average molecular weight is 477 g/mol. The highest BCUT2D eigenvalue weighted by molar-refractivity contribution is 7.99. The minimum atomic E-state index is -0.518. The Bertz CT molecular complexity index is 1200. The summed E-state index contributed by atoms with van der Waals surface area (Å²) in [4.78, 5) is 41.9. The largest absolute Gasteiger partial charge is 0.460 e. The van der Waals surface area contributed by atoms with Crippen molar-refractivity contribution in [2.45, 2.75) is 16.7 Å². The lowest BCUT2D eigenvalue weighted by Crippen LogP contribution is -2.38. The summed E-state index contributed by atoms with van der Waals surface area (Å²) in [5, 5.41) is 2.82. The van der Waals surface area contributed by atoms with Crippen LogP contribution in [-0.2, 0) is 14.3 Å². The predicted molar refractivity (Wildman–Crippen MR) is 131 cm³/mol. The van der Waals surface area contributed by atoms with E-state index in [4.69, 9.17) is 9.47 Å². The van der Waals surface area contributed by atoms with Crippen LogP contribution in [0.5, 0.6) is 0 Å². The molecule has 1 aliphatic heterocycles. The number of hydrogen-bond donors (Lipinski definition) is 1.